The van der Waals surface area contributed by atoms with Crippen LogP contribution >= 0.6 is 50.6 Å². The molecule has 0 bridgehead atoms. The van der Waals surface area contributed by atoms with Crippen LogP contribution in [0.1, 0.15) is 4.88 Å². The van der Waals surface area contributed by atoms with Gasteiger partial charge < -0.3 is 0 Å². The molecule has 0 fully saturated rings. The van der Waals surface area contributed by atoms with Crippen molar-refractivity contribution in [3.8, 4) is 0 Å². The summed E-state index contributed by atoms with van der Waals surface area (Å²) in [4.78, 5) is 5.54. The monoisotopic (exact) mass is 319 g/mol. The van der Waals surface area contributed by atoms with Gasteiger partial charge in [-0.05, 0) is 34.1 Å². The van der Waals surface area contributed by atoms with Crippen LogP contribution in [0.15, 0.2) is 39.3 Å². The Bertz CT molecular complexity index is 458. The number of hydrogen-bond acceptors (Lipinski definition) is 3. The number of aromatic nitrogens is 1. The van der Waals surface area contributed by atoms with Crippen LogP contribution in [0.25, 0.3) is 0 Å². The number of pyridine rings is 1. The fraction of sp³-hybridized carbons (Fsp3) is 0.100. The molecule has 0 aliphatic heterocycles. The maximum absolute atomic E-state index is 6.01. The Balaban J connectivity index is 2.02. The van der Waals surface area contributed by atoms with Crippen molar-refractivity contribution in [3.05, 3.63) is 44.1 Å². The first-order valence-electron chi connectivity index (χ1n) is 4.22. The Hall–Kier alpha value is -0.0300. The van der Waals surface area contributed by atoms with Crippen molar-refractivity contribution >= 4 is 50.6 Å². The van der Waals surface area contributed by atoms with Crippen molar-refractivity contribution in [1.82, 2.24) is 4.98 Å². The standard InChI is InChI=1S/C10H7BrClNS2/c11-7-4-8(14-5-7)6-15-10-9(12)2-1-3-13-10/h1-5H,6H2. The van der Waals surface area contributed by atoms with Crippen LogP contribution < -0.4 is 0 Å². The second-order valence-corrected chi connectivity index (χ2v) is 6.09. The lowest BCUT2D eigenvalue weighted by Gasteiger charge is -2.00. The smallest absolute Gasteiger partial charge is 0.115 e. The molecule has 0 aliphatic carbocycles. The lowest BCUT2D eigenvalue weighted by molar-refractivity contribution is 1.13. The van der Waals surface area contributed by atoms with Gasteiger partial charge in [0.25, 0.3) is 0 Å². The van der Waals surface area contributed by atoms with Gasteiger partial charge in [0.05, 0.1) is 5.02 Å². The molecule has 0 unspecified atom stereocenters. The van der Waals surface area contributed by atoms with Crippen molar-refractivity contribution in [2.24, 2.45) is 0 Å². The zero-order chi connectivity index (χ0) is 10.7. The fourth-order valence-electron chi connectivity index (χ4n) is 1.05. The predicted octanol–water partition coefficient (Wildman–Crippen LogP) is 4.85. The van der Waals surface area contributed by atoms with Crippen molar-refractivity contribution in [1.29, 1.82) is 0 Å². The van der Waals surface area contributed by atoms with Crippen molar-refractivity contribution in [2.45, 2.75) is 10.8 Å². The van der Waals surface area contributed by atoms with E-state index in [1.54, 1.807) is 29.3 Å². The van der Waals surface area contributed by atoms with Crippen LogP contribution in [0.5, 0.6) is 0 Å². The molecule has 0 amide bonds. The highest BCUT2D eigenvalue weighted by molar-refractivity contribution is 9.10. The summed E-state index contributed by atoms with van der Waals surface area (Å²) in [5, 5.41) is 3.69. The van der Waals surface area contributed by atoms with E-state index in [0.29, 0.717) is 0 Å². The SMILES string of the molecule is Clc1cccnc1SCc1cc(Br)cs1. The number of nitrogens with zero attached hydrogens (tertiary/aromatic N) is 1. The lowest BCUT2D eigenvalue weighted by Crippen LogP contribution is -1.80. The average Bonchev–Trinajstić information content (AvgIpc) is 2.63. The molecule has 0 N–H and O–H groups in total. The molecule has 0 atom stereocenters. The minimum absolute atomic E-state index is 0.720. The van der Waals surface area contributed by atoms with Gasteiger partial charge in [-0.15, -0.1) is 11.3 Å². The Morgan fingerprint density at radius 1 is 1.53 bits per heavy atom. The first-order valence-corrected chi connectivity index (χ1v) is 7.25. The van der Waals surface area contributed by atoms with Crippen molar-refractivity contribution in [2.75, 3.05) is 0 Å². The van der Waals surface area contributed by atoms with E-state index in [1.807, 2.05) is 12.1 Å². The minimum Gasteiger partial charge on any atom is -0.248 e. The van der Waals surface area contributed by atoms with Gasteiger partial charge in [-0.3, -0.25) is 0 Å². The Labute approximate surface area is 110 Å². The number of halogens is 2. The Morgan fingerprint density at radius 3 is 3.07 bits per heavy atom. The molecule has 0 saturated heterocycles. The van der Waals surface area contributed by atoms with Crippen LogP contribution in [0.3, 0.4) is 0 Å². The second kappa shape index (κ2) is 5.34. The van der Waals surface area contributed by atoms with Gasteiger partial charge in [0, 0.05) is 26.7 Å². The molecular formula is C10H7BrClNS2. The van der Waals surface area contributed by atoms with E-state index in [4.69, 9.17) is 11.6 Å². The third kappa shape index (κ3) is 3.21. The third-order valence-electron chi connectivity index (χ3n) is 1.70. The zero-order valence-corrected chi connectivity index (χ0v) is 11.6. The van der Waals surface area contributed by atoms with Gasteiger partial charge in [-0.2, -0.15) is 0 Å². The molecule has 0 saturated carbocycles. The normalized spacial score (nSPS) is 10.5. The summed E-state index contributed by atoms with van der Waals surface area (Å²) in [6.45, 7) is 0. The van der Waals surface area contributed by atoms with Crippen LogP contribution in [0.2, 0.25) is 5.02 Å². The molecule has 2 aromatic rings. The highest BCUT2D eigenvalue weighted by atomic mass is 79.9. The Kier molecular flexibility index (Phi) is 4.08. The molecule has 5 heteroatoms. The first kappa shape index (κ1) is 11.5. The Morgan fingerprint density at radius 2 is 2.40 bits per heavy atom. The average molecular weight is 321 g/mol. The van der Waals surface area contributed by atoms with Gasteiger partial charge in [0.1, 0.15) is 5.03 Å². The number of thiophene rings is 1. The summed E-state index contributed by atoms with van der Waals surface area (Å²) in [6, 6.07) is 5.82. The summed E-state index contributed by atoms with van der Waals surface area (Å²) in [7, 11) is 0. The van der Waals surface area contributed by atoms with Gasteiger partial charge >= 0.3 is 0 Å². The molecule has 2 heterocycles. The largest absolute Gasteiger partial charge is 0.248 e. The van der Waals surface area contributed by atoms with E-state index >= 15 is 0 Å². The molecule has 0 spiro atoms. The minimum atomic E-state index is 0.720. The maximum Gasteiger partial charge on any atom is 0.115 e. The lowest BCUT2D eigenvalue weighted by atomic mass is 10.5. The first-order chi connectivity index (χ1) is 7.25. The zero-order valence-electron chi connectivity index (χ0n) is 7.61. The molecule has 15 heavy (non-hydrogen) atoms. The summed E-state index contributed by atoms with van der Waals surface area (Å²) < 4.78 is 1.13. The number of rotatable bonds is 3. The van der Waals surface area contributed by atoms with E-state index in [0.717, 1.165) is 20.3 Å². The summed E-state index contributed by atoms with van der Waals surface area (Å²) in [5.41, 5.74) is 0. The molecule has 2 aromatic heterocycles. The molecule has 1 nitrogen and oxygen atoms in total. The van der Waals surface area contributed by atoms with Crippen molar-refractivity contribution < 1.29 is 0 Å². The molecule has 78 valence electrons. The van der Waals surface area contributed by atoms with Gasteiger partial charge in [0.2, 0.25) is 0 Å². The van der Waals surface area contributed by atoms with E-state index < -0.39 is 0 Å². The third-order valence-corrected chi connectivity index (χ3v) is 5.05. The molecule has 0 radical (unpaired) electrons. The van der Waals surface area contributed by atoms with E-state index in [1.165, 1.54) is 4.88 Å². The summed E-state index contributed by atoms with van der Waals surface area (Å²) in [6.07, 6.45) is 1.76. The highest BCUT2D eigenvalue weighted by Crippen LogP contribution is 2.30. The topological polar surface area (TPSA) is 12.9 Å². The summed E-state index contributed by atoms with van der Waals surface area (Å²) >= 11 is 12.8. The highest BCUT2D eigenvalue weighted by Gasteiger charge is 2.03. The quantitative estimate of drug-likeness (QED) is 0.750. The van der Waals surface area contributed by atoms with E-state index in [2.05, 4.69) is 32.4 Å². The number of hydrogen-bond donors (Lipinski definition) is 0. The van der Waals surface area contributed by atoms with Gasteiger partial charge in [0.15, 0.2) is 0 Å². The van der Waals surface area contributed by atoms with Crippen LogP contribution in [0.4, 0.5) is 0 Å². The van der Waals surface area contributed by atoms with Gasteiger partial charge in [-0.25, -0.2) is 4.98 Å². The summed E-state index contributed by atoms with van der Waals surface area (Å²) in [5.74, 6) is 0.910. The molecule has 0 aromatic carbocycles. The molecular weight excluding hydrogens is 314 g/mol. The predicted molar refractivity (Wildman–Crippen MR) is 70.8 cm³/mol. The van der Waals surface area contributed by atoms with Crippen LogP contribution in [-0.2, 0) is 5.75 Å². The van der Waals surface area contributed by atoms with E-state index in [-0.39, 0.29) is 0 Å². The fourth-order valence-corrected chi connectivity index (χ4v) is 3.72. The van der Waals surface area contributed by atoms with Crippen LogP contribution in [-0.4, -0.2) is 4.98 Å². The molecule has 2 rings (SSSR count). The van der Waals surface area contributed by atoms with Crippen LogP contribution in [0, 0.1) is 0 Å². The number of thioether (sulfide) groups is 1. The second-order valence-electron chi connectivity index (χ2n) is 2.81. The van der Waals surface area contributed by atoms with Crippen molar-refractivity contribution in [3.63, 3.8) is 0 Å². The maximum atomic E-state index is 6.01. The van der Waals surface area contributed by atoms with E-state index in [9.17, 15) is 0 Å². The molecule has 0 aliphatic rings. The van der Waals surface area contributed by atoms with Gasteiger partial charge in [-0.1, -0.05) is 23.4 Å².